The van der Waals surface area contributed by atoms with E-state index in [9.17, 15) is 9.59 Å². The number of carbonyl (C=O) groups excluding carboxylic acids is 2. The van der Waals surface area contributed by atoms with E-state index >= 15 is 0 Å². The van der Waals surface area contributed by atoms with Gasteiger partial charge in [0.1, 0.15) is 5.82 Å². The van der Waals surface area contributed by atoms with Crippen LogP contribution in [0.15, 0.2) is 36.7 Å². The summed E-state index contributed by atoms with van der Waals surface area (Å²) in [6.07, 6.45) is 3.27. The largest absolute Gasteiger partial charge is 0.368 e. The first-order valence-electron chi connectivity index (χ1n) is 7.45. The van der Waals surface area contributed by atoms with Gasteiger partial charge in [0.05, 0.1) is 12.7 Å². The Morgan fingerprint density at radius 3 is 2.76 bits per heavy atom. The quantitative estimate of drug-likeness (QED) is 0.521. The number of aromatic nitrogens is 3. The normalized spacial score (nSPS) is 10.6. The Bertz CT molecular complexity index is 964. The average Bonchev–Trinajstić information content (AvgIpc) is 2.93. The van der Waals surface area contributed by atoms with Gasteiger partial charge in [-0.25, -0.2) is 9.97 Å². The second-order valence-electron chi connectivity index (χ2n) is 5.46. The summed E-state index contributed by atoms with van der Waals surface area (Å²) in [4.78, 5) is 30.7. The lowest BCUT2D eigenvalue weighted by atomic mass is 10.2. The Morgan fingerprint density at radius 1 is 1.24 bits per heavy atom. The minimum absolute atomic E-state index is 0.00205. The molecule has 0 aliphatic rings. The van der Waals surface area contributed by atoms with Gasteiger partial charge in [-0.1, -0.05) is 0 Å². The molecule has 0 atom stereocenters. The van der Waals surface area contributed by atoms with Gasteiger partial charge in [0.15, 0.2) is 11.5 Å². The summed E-state index contributed by atoms with van der Waals surface area (Å²) in [5.74, 6) is -0.758. The van der Waals surface area contributed by atoms with Crippen LogP contribution in [0.3, 0.4) is 0 Å². The fraction of sp³-hybridized carbons (Fsp3) is 0.125. The van der Waals surface area contributed by atoms with E-state index in [0.717, 1.165) is 16.6 Å². The molecule has 3 rings (SSSR count). The molecule has 0 aliphatic heterocycles. The number of rotatable bonds is 6. The molecule has 0 saturated carbocycles. The number of hydrogen-bond acceptors (Lipinski definition) is 6. The van der Waals surface area contributed by atoms with E-state index in [1.165, 1.54) is 6.20 Å². The molecule has 0 fully saturated rings. The van der Waals surface area contributed by atoms with Gasteiger partial charge in [-0.15, -0.1) is 0 Å². The molecule has 9 heteroatoms. The molecule has 0 aliphatic carbocycles. The lowest BCUT2D eigenvalue weighted by molar-refractivity contribution is -0.116. The van der Waals surface area contributed by atoms with Crippen molar-refractivity contribution in [1.29, 1.82) is 0 Å². The molecule has 1 aromatic carbocycles. The highest BCUT2D eigenvalue weighted by atomic mass is 16.1. The summed E-state index contributed by atoms with van der Waals surface area (Å²) in [5.41, 5.74) is 12.2. The van der Waals surface area contributed by atoms with E-state index in [1.54, 1.807) is 0 Å². The Morgan fingerprint density at radius 2 is 2.04 bits per heavy atom. The van der Waals surface area contributed by atoms with Crippen LogP contribution in [0, 0.1) is 0 Å². The van der Waals surface area contributed by atoms with Crippen molar-refractivity contribution < 1.29 is 9.59 Å². The van der Waals surface area contributed by atoms with Crippen LogP contribution in [0.4, 0.5) is 17.3 Å². The second kappa shape index (κ2) is 6.48. The second-order valence-corrected chi connectivity index (χ2v) is 5.46. The Kier molecular flexibility index (Phi) is 4.21. The van der Waals surface area contributed by atoms with Crippen LogP contribution < -0.4 is 22.1 Å². The number of anilines is 3. The number of hydrogen-bond donors (Lipinski definition) is 4. The highest BCUT2D eigenvalue weighted by molar-refractivity contribution is 5.96. The zero-order valence-electron chi connectivity index (χ0n) is 13.5. The van der Waals surface area contributed by atoms with Crippen molar-refractivity contribution >= 4 is 40.0 Å². The van der Waals surface area contributed by atoms with Gasteiger partial charge in [-0.3, -0.25) is 9.59 Å². The fourth-order valence-corrected chi connectivity index (χ4v) is 2.42. The Balaban J connectivity index is 1.93. The van der Waals surface area contributed by atoms with E-state index in [4.69, 9.17) is 11.5 Å². The lowest BCUT2D eigenvalue weighted by Crippen LogP contribution is -2.23. The maximum atomic E-state index is 11.6. The molecule has 0 unspecified atom stereocenters. The molecule has 128 valence electrons. The van der Waals surface area contributed by atoms with Gasteiger partial charge in [-0.2, -0.15) is 0 Å². The van der Waals surface area contributed by atoms with Crippen LogP contribution in [-0.4, -0.2) is 32.9 Å². The summed E-state index contributed by atoms with van der Waals surface area (Å²) in [5, 5.41) is 6.80. The number of fused-ring (bicyclic) bond motifs is 1. The zero-order chi connectivity index (χ0) is 18.0. The monoisotopic (exact) mass is 339 g/mol. The molecule has 0 bridgehead atoms. The van der Waals surface area contributed by atoms with E-state index < -0.39 is 11.8 Å². The van der Waals surface area contributed by atoms with Crippen LogP contribution in [0.25, 0.3) is 10.9 Å². The first-order chi connectivity index (χ1) is 11.9. The molecule has 25 heavy (non-hydrogen) atoms. The predicted octanol–water partition coefficient (Wildman–Crippen LogP) is 0.708. The summed E-state index contributed by atoms with van der Waals surface area (Å²) in [6.45, 7) is -0.0972. The van der Waals surface area contributed by atoms with Gasteiger partial charge < -0.3 is 26.7 Å². The van der Waals surface area contributed by atoms with Crippen molar-refractivity contribution in [3.8, 4) is 0 Å². The molecular formula is C16H17N7O2. The number of nitrogens with zero attached hydrogens (tertiary/aromatic N) is 3. The standard InChI is InChI=1S/C16H17N7O2/c1-23-5-4-9-6-10(2-3-11(9)23)21-16-14(15(18)25)20-8-13(22-16)19-7-12(17)24/h2-6,8H,7H2,1H3,(H2,17,24)(H2,18,25)(H2,19,21,22). The van der Waals surface area contributed by atoms with E-state index in [1.807, 2.05) is 42.1 Å². The Labute approximate surface area is 143 Å². The number of nitrogens with two attached hydrogens (primary N) is 2. The Hall–Kier alpha value is -3.62. The maximum absolute atomic E-state index is 11.6. The summed E-state index contributed by atoms with van der Waals surface area (Å²) < 4.78 is 2.00. The van der Waals surface area contributed by atoms with E-state index in [0.29, 0.717) is 5.82 Å². The van der Waals surface area contributed by atoms with Crippen LogP contribution in [0.5, 0.6) is 0 Å². The minimum Gasteiger partial charge on any atom is -0.368 e. The number of aryl methyl sites for hydroxylation is 1. The summed E-state index contributed by atoms with van der Waals surface area (Å²) >= 11 is 0. The molecule has 3 aromatic rings. The van der Waals surface area contributed by atoms with Crippen LogP contribution in [0.1, 0.15) is 10.5 Å². The topological polar surface area (TPSA) is 141 Å². The molecule has 0 radical (unpaired) electrons. The average molecular weight is 339 g/mol. The molecule has 9 nitrogen and oxygen atoms in total. The number of primary amides is 2. The molecule has 2 aromatic heterocycles. The molecule has 2 heterocycles. The highest BCUT2D eigenvalue weighted by Crippen LogP contribution is 2.24. The first-order valence-corrected chi connectivity index (χ1v) is 7.45. The van der Waals surface area contributed by atoms with Crippen molar-refractivity contribution in [3.63, 3.8) is 0 Å². The fourth-order valence-electron chi connectivity index (χ4n) is 2.42. The van der Waals surface area contributed by atoms with Crippen LogP contribution in [-0.2, 0) is 11.8 Å². The minimum atomic E-state index is -0.711. The smallest absolute Gasteiger partial charge is 0.271 e. The first kappa shape index (κ1) is 16.2. The van der Waals surface area contributed by atoms with Gasteiger partial charge in [0, 0.05) is 29.8 Å². The number of amides is 2. The number of benzene rings is 1. The van der Waals surface area contributed by atoms with Crippen LogP contribution in [0.2, 0.25) is 0 Å². The molecule has 0 spiro atoms. The van der Waals surface area contributed by atoms with Gasteiger partial charge in [0.2, 0.25) is 5.91 Å². The van der Waals surface area contributed by atoms with Gasteiger partial charge in [0.25, 0.3) is 5.91 Å². The lowest BCUT2D eigenvalue weighted by Gasteiger charge is -2.11. The third-order valence-corrected chi connectivity index (χ3v) is 3.60. The van der Waals surface area contributed by atoms with Gasteiger partial charge in [-0.05, 0) is 24.3 Å². The van der Waals surface area contributed by atoms with Crippen molar-refractivity contribution in [2.75, 3.05) is 17.2 Å². The maximum Gasteiger partial charge on any atom is 0.271 e. The summed E-state index contributed by atoms with van der Waals surface area (Å²) in [7, 11) is 1.96. The number of carbonyl (C=O) groups is 2. The molecule has 2 amide bonds. The van der Waals surface area contributed by atoms with Crippen molar-refractivity contribution in [2.24, 2.45) is 18.5 Å². The number of nitrogens with one attached hydrogen (secondary N) is 2. The van der Waals surface area contributed by atoms with E-state index in [-0.39, 0.29) is 18.1 Å². The van der Waals surface area contributed by atoms with Crippen LogP contribution >= 0.6 is 0 Å². The molecule has 0 saturated heterocycles. The van der Waals surface area contributed by atoms with Crippen molar-refractivity contribution in [1.82, 2.24) is 14.5 Å². The van der Waals surface area contributed by atoms with Crippen molar-refractivity contribution in [2.45, 2.75) is 0 Å². The van der Waals surface area contributed by atoms with Crippen molar-refractivity contribution in [3.05, 3.63) is 42.4 Å². The third-order valence-electron chi connectivity index (χ3n) is 3.60. The zero-order valence-corrected chi connectivity index (χ0v) is 13.5. The summed E-state index contributed by atoms with van der Waals surface area (Å²) in [6, 6.07) is 7.71. The third kappa shape index (κ3) is 3.50. The van der Waals surface area contributed by atoms with Gasteiger partial charge >= 0.3 is 0 Å². The highest BCUT2D eigenvalue weighted by Gasteiger charge is 2.14. The van der Waals surface area contributed by atoms with E-state index in [2.05, 4.69) is 20.6 Å². The SMILES string of the molecule is Cn1ccc2cc(Nc3nc(NCC(N)=O)cnc3C(N)=O)ccc21. The predicted molar refractivity (Wildman–Crippen MR) is 94.4 cm³/mol. The molecular weight excluding hydrogens is 322 g/mol. The molecule has 6 N–H and O–H groups in total.